The molecule has 2 N–H and O–H groups in total. The van der Waals surface area contributed by atoms with E-state index in [0.29, 0.717) is 36.2 Å². The molecule has 0 spiro atoms. The van der Waals surface area contributed by atoms with Crippen molar-refractivity contribution in [1.82, 2.24) is 25.7 Å². The van der Waals surface area contributed by atoms with Gasteiger partial charge in [-0.05, 0) is 43.3 Å². The van der Waals surface area contributed by atoms with Crippen molar-refractivity contribution in [2.45, 2.75) is 25.0 Å². The summed E-state index contributed by atoms with van der Waals surface area (Å²) >= 11 is 5.93. The van der Waals surface area contributed by atoms with Gasteiger partial charge in [-0.3, -0.25) is 4.90 Å². The normalized spacial score (nSPS) is 19.2. The number of benzene rings is 2. The first-order valence-electron chi connectivity index (χ1n) is 9.46. The van der Waals surface area contributed by atoms with Crippen molar-refractivity contribution in [3.63, 3.8) is 0 Å². The van der Waals surface area contributed by atoms with Gasteiger partial charge in [-0.2, -0.15) is 4.98 Å². The van der Waals surface area contributed by atoms with Crippen molar-refractivity contribution in [3.8, 4) is 11.4 Å². The molecule has 1 saturated heterocycles. The quantitative estimate of drug-likeness (QED) is 0.669. The standard InChI is InChI=1S/C21H22ClN5O2/c1-27-13-17(24-21(28)23-12-14-5-3-2-4-6-14)11-18(27)20-25-19(26-29-20)15-7-9-16(22)10-8-15/h2-10,17-18H,11-13H2,1H3,(H2,23,24,28). The van der Waals surface area contributed by atoms with Crippen LogP contribution in [0.4, 0.5) is 4.79 Å². The summed E-state index contributed by atoms with van der Waals surface area (Å²) in [6.45, 7) is 1.20. The maximum atomic E-state index is 12.2. The molecule has 4 rings (SSSR count). The van der Waals surface area contributed by atoms with E-state index in [9.17, 15) is 4.79 Å². The smallest absolute Gasteiger partial charge is 0.315 e. The van der Waals surface area contributed by atoms with Gasteiger partial charge in [0.1, 0.15) is 0 Å². The summed E-state index contributed by atoms with van der Waals surface area (Å²) in [5, 5.41) is 10.7. The number of hydrogen-bond donors (Lipinski definition) is 2. The van der Waals surface area contributed by atoms with Crippen LogP contribution in [0.15, 0.2) is 59.1 Å². The van der Waals surface area contributed by atoms with Gasteiger partial charge in [0.25, 0.3) is 0 Å². The van der Waals surface area contributed by atoms with E-state index in [1.54, 1.807) is 12.1 Å². The van der Waals surface area contributed by atoms with E-state index in [4.69, 9.17) is 16.1 Å². The molecule has 1 aliphatic heterocycles. The molecular formula is C21H22ClN5O2. The van der Waals surface area contributed by atoms with Gasteiger partial charge in [0.05, 0.1) is 6.04 Å². The molecule has 1 fully saturated rings. The van der Waals surface area contributed by atoms with Crippen LogP contribution >= 0.6 is 11.6 Å². The van der Waals surface area contributed by atoms with Gasteiger partial charge < -0.3 is 15.2 Å². The van der Waals surface area contributed by atoms with E-state index < -0.39 is 0 Å². The maximum Gasteiger partial charge on any atom is 0.315 e. The van der Waals surface area contributed by atoms with Crippen molar-refractivity contribution < 1.29 is 9.32 Å². The lowest BCUT2D eigenvalue weighted by molar-refractivity contribution is 0.236. The van der Waals surface area contributed by atoms with Crippen molar-refractivity contribution in [1.29, 1.82) is 0 Å². The molecule has 150 valence electrons. The largest absolute Gasteiger partial charge is 0.337 e. The number of amides is 2. The van der Waals surface area contributed by atoms with Crippen LogP contribution in [0, 0.1) is 0 Å². The average Bonchev–Trinajstić information content (AvgIpc) is 3.34. The molecular weight excluding hydrogens is 390 g/mol. The van der Waals surface area contributed by atoms with Gasteiger partial charge in [0, 0.05) is 29.7 Å². The molecule has 2 unspecified atom stereocenters. The van der Waals surface area contributed by atoms with Gasteiger partial charge in [-0.25, -0.2) is 4.79 Å². The summed E-state index contributed by atoms with van der Waals surface area (Å²) in [5.41, 5.74) is 1.91. The van der Waals surface area contributed by atoms with E-state index >= 15 is 0 Å². The van der Waals surface area contributed by atoms with Crippen molar-refractivity contribution in [2.24, 2.45) is 0 Å². The lowest BCUT2D eigenvalue weighted by Gasteiger charge is -2.14. The van der Waals surface area contributed by atoms with Crippen molar-refractivity contribution >= 4 is 17.6 Å². The summed E-state index contributed by atoms with van der Waals surface area (Å²) in [6.07, 6.45) is 0.706. The third-order valence-corrected chi connectivity index (χ3v) is 5.26. The zero-order chi connectivity index (χ0) is 20.2. The zero-order valence-corrected chi connectivity index (χ0v) is 16.8. The summed E-state index contributed by atoms with van der Waals surface area (Å²) in [7, 11) is 1.99. The van der Waals surface area contributed by atoms with Crippen molar-refractivity contribution in [3.05, 3.63) is 71.1 Å². The van der Waals surface area contributed by atoms with Crippen LogP contribution in [0.5, 0.6) is 0 Å². The number of nitrogens with one attached hydrogen (secondary N) is 2. The highest BCUT2D eigenvalue weighted by molar-refractivity contribution is 6.30. The highest BCUT2D eigenvalue weighted by Gasteiger charge is 2.35. The Bertz CT molecular complexity index is 961. The first-order valence-corrected chi connectivity index (χ1v) is 9.84. The number of carbonyl (C=O) groups is 1. The first-order chi connectivity index (χ1) is 14.1. The first kappa shape index (κ1) is 19.4. The summed E-state index contributed by atoms with van der Waals surface area (Å²) in [5.74, 6) is 1.08. The van der Waals surface area contributed by atoms with Crippen LogP contribution < -0.4 is 10.6 Å². The van der Waals surface area contributed by atoms with Gasteiger partial charge in [-0.15, -0.1) is 0 Å². The number of hydrogen-bond acceptors (Lipinski definition) is 5. The second kappa shape index (κ2) is 8.63. The number of carbonyl (C=O) groups excluding carboxylic acids is 1. The van der Waals surface area contributed by atoms with E-state index in [0.717, 1.165) is 11.1 Å². The van der Waals surface area contributed by atoms with Gasteiger partial charge in [0.2, 0.25) is 11.7 Å². The fourth-order valence-corrected chi connectivity index (χ4v) is 3.62. The predicted octanol–water partition coefficient (Wildman–Crippen LogP) is 3.63. The second-order valence-electron chi connectivity index (χ2n) is 7.16. The Balaban J connectivity index is 1.34. The van der Waals surface area contributed by atoms with Gasteiger partial charge in [0.15, 0.2) is 0 Å². The van der Waals surface area contributed by atoms with Gasteiger partial charge in [-0.1, -0.05) is 47.1 Å². The van der Waals surface area contributed by atoms with E-state index in [-0.39, 0.29) is 18.1 Å². The number of nitrogens with zero attached hydrogens (tertiary/aromatic N) is 3. The number of urea groups is 1. The Hall–Kier alpha value is -2.90. The molecule has 1 aliphatic rings. The number of likely N-dealkylation sites (N-methyl/N-ethyl adjacent to an activating group) is 1. The molecule has 1 aromatic heterocycles. The summed E-state index contributed by atoms with van der Waals surface area (Å²) in [6, 6.07) is 16.9. The highest BCUT2D eigenvalue weighted by Crippen LogP contribution is 2.31. The topological polar surface area (TPSA) is 83.3 Å². The van der Waals surface area contributed by atoms with Crippen LogP contribution in [0.1, 0.15) is 23.9 Å². The lowest BCUT2D eigenvalue weighted by Crippen LogP contribution is -2.42. The fourth-order valence-electron chi connectivity index (χ4n) is 3.49. The molecule has 0 radical (unpaired) electrons. The Morgan fingerprint density at radius 1 is 1.21 bits per heavy atom. The number of aromatic nitrogens is 2. The molecule has 3 aromatic rings. The molecule has 2 atom stereocenters. The average molecular weight is 412 g/mol. The molecule has 7 nitrogen and oxygen atoms in total. The summed E-state index contributed by atoms with van der Waals surface area (Å²) in [4.78, 5) is 18.9. The van der Waals surface area contributed by atoms with Crippen LogP contribution in [0.25, 0.3) is 11.4 Å². The summed E-state index contributed by atoms with van der Waals surface area (Å²) < 4.78 is 5.50. The van der Waals surface area contributed by atoms with Crippen molar-refractivity contribution in [2.75, 3.05) is 13.6 Å². The zero-order valence-electron chi connectivity index (χ0n) is 16.0. The fraction of sp³-hybridized carbons (Fsp3) is 0.286. The minimum absolute atomic E-state index is 0.00616. The minimum Gasteiger partial charge on any atom is -0.337 e. The Labute approximate surface area is 174 Å². The third-order valence-electron chi connectivity index (χ3n) is 5.01. The highest BCUT2D eigenvalue weighted by atomic mass is 35.5. The Kier molecular flexibility index (Phi) is 5.78. The maximum absolute atomic E-state index is 12.2. The lowest BCUT2D eigenvalue weighted by atomic mass is 10.1. The van der Waals surface area contributed by atoms with Crippen LogP contribution in [-0.2, 0) is 6.54 Å². The molecule has 8 heteroatoms. The molecule has 2 aromatic carbocycles. The van der Waals surface area contributed by atoms with Crippen LogP contribution in [0.2, 0.25) is 5.02 Å². The molecule has 0 saturated carbocycles. The van der Waals surface area contributed by atoms with Gasteiger partial charge >= 0.3 is 6.03 Å². The molecule has 29 heavy (non-hydrogen) atoms. The van der Waals surface area contributed by atoms with E-state index in [2.05, 4.69) is 25.7 Å². The van der Waals surface area contributed by atoms with Crippen LogP contribution in [-0.4, -0.2) is 40.7 Å². The number of likely N-dealkylation sites (tertiary alicyclic amines) is 1. The van der Waals surface area contributed by atoms with Crippen LogP contribution in [0.3, 0.4) is 0 Å². The monoisotopic (exact) mass is 411 g/mol. The van der Waals surface area contributed by atoms with E-state index in [1.807, 2.05) is 49.5 Å². The molecule has 0 aliphatic carbocycles. The minimum atomic E-state index is -0.180. The molecule has 2 amide bonds. The SMILES string of the molecule is CN1CC(NC(=O)NCc2ccccc2)CC1c1nc(-c2ccc(Cl)cc2)no1. The Morgan fingerprint density at radius 3 is 2.72 bits per heavy atom. The number of halogens is 1. The molecule has 0 bridgehead atoms. The number of rotatable bonds is 5. The predicted molar refractivity (Wildman–Crippen MR) is 110 cm³/mol. The second-order valence-corrected chi connectivity index (χ2v) is 7.60. The Morgan fingerprint density at radius 2 is 1.97 bits per heavy atom. The van der Waals surface area contributed by atoms with E-state index in [1.165, 1.54) is 0 Å². The molecule has 2 heterocycles. The third kappa shape index (κ3) is 4.75.